The lowest BCUT2D eigenvalue weighted by Crippen LogP contribution is -2.30. The van der Waals surface area contributed by atoms with Crippen LogP contribution in [0, 0.1) is 6.92 Å². The van der Waals surface area contributed by atoms with Gasteiger partial charge in [0.15, 0.2) is 0 Å². The molecule has 0 bridgehead atoms. The van der Waals surface area contributed by atoms with Crippen LogP contribution in [-0.4, -0.2) is 23.9 Å². The smallest absolute Gasteiger partial charge is 0.253 e. The van der Waals surface area contributed by atoms with Crippen LogP contribution in [0.1, 0.15) is 37.8 Å². The lowest BCUT2D eigenvalue weighted by atomic mass is 10.1. The number of benzene rings is 1. The Morgan fingerprint density at radius 2 is 2.14 bits per heavy atom. The van der Waals surface area contributed by atoms with Gasteiger partial charge in [-0.3, -0.25) is 4.79 Å². The molecule has 0 aromatic heterocycles. The SMILES string of the molecule is [2H]C([2H])([2H])CN(CC([2H])([2H])[2H])C(=O)c1cccc(C)c1. The van der Waals surface area contributed by atoms with Gasteiger partial charge in [-0.25, -0.2) is 0 Å². The Morgan fingerprint density at radius 3 is 2.71 bits per heavy atom. The first-order chi connectivity index (χ1) is 8.98. The van der Waals surface area contributed by atoms with E-state index in [0.29, 0.717) is 5.56 Å². The molecule has 0 aliphatic rings. The third-order valence-corrected chi connectivity index (χ3v) is 1.93. The summed E-state index contributed by atoms with van der Waals surface area (Å²) in [5.41, 5.74) is 1.14. The Kier molecular flexibility index (Phi) is 1.70. The fourth-order valence-electron chi connectivity index (χ4n) is 1.16. The summed E-state index contributed by atoms with van der Waals surface area (Å²) in [6.45, 7) is -4.17. The van der Waals surface area contributed by atoms with Crippen LogP contribution in [0.25, 0.3) is 0 Å². The standard InChI is InChI=1S/C12H17NO/c1-4-13(5-2)12(14)11-8-6-7-10(3)9-11/h6-9H,4-5H2,1-3H3/i1D3,2D3. The molecule has 0 heterocycles. The third kappa shape index (κ3) is 2.34. The molecule has 1 aromatic rings. The molecule has 0 unspecified atom stereocenters. The van der Waals surface area contributed by atoms with Crippen molar-refractivity contribution in [3.05, 3.63) is 35.4 Å². The third-order valence-electron chi connectivity index (χ3n) is 1.93. The average Bonchev–Trinajstić information content (AvgIpc) is 2.23. The number of nitrogens with zero attached hydrogens (tertiary/aromatic N) is 1. The van der Waals surface area contributed by atoms with Gasteiger partial charge in [0.05, 0.1) is 0 Å². The van der Waals surface area contributed by atoms with Gasteiger partial charge in [-0.15, -0.1) is 0 Å². The summed E-state index contributed by atoms with van der Waals surface area (Å²) in [5, 5.41) is 0. The first-order valence-corrected chi connectivity index (χ1v) is 4.34. The van der Waals surface area contributed by atoms with Gasteiger partial charge in [-0.05, 0) is 32.8 Å². The molecule has 0 spiro atoms. The summed E-state index contributed by atoms with van der Waals surface area (Å²) >= 11 is 0. The van der Waals surface area contributed by atoms with E-state index in [1.165, 1.54) is 0 Å². The molecular weight excluding hydrogens is 174 g/mol. The Balaban J connectivity index is 3.00. The highest BCUT2D eigenvalue weighted by Gasteiger charge is 2.11. The predicted octanol–water partition coefficient (Wildman–Crippen LogP) is 2.48. The van der Waals surface area contributed by atoms with E-state index in [1.54, 1.807) is 31.2 Å². The van der Waals surface area contributed by atoms with E-state index in [4.69, 9.17) is 8.22 Å². The summed E-state index contributed by atoms with van der Waals surface area (Å²) in [4.78, 5) is 13.1. The Bertz CT molecular complexity index is 464. The minimum Gasteiger partial charge on any atom is -0.339 e. The van der Waals surface area contributed by atoms with Crippen LogP contribution in [0.4, 0.5) is 0 Å². The first kappa shape index (κ1) is 4.96. The molecule has 0 N–H and O–H groups in total. The number of aryl methyl sites for hydroxylation is 1. The molecule has 2 heteroatoms. The largest absolute Gasteiger partial charge is 0.339 e. The minimum absolute atomic E-state index is 0.290. The fraction of sp³-hybridized carbons (Fsp3) is 0.417. The van der Waals surface area contributed by atoms with Gasteiger partial charge in [0.25, 0.3) is 5.91 Å². The number of carbonyl (C=O) groups excluding carboxylic acids is 1. The quantitative estimate of drug-likeness (QED) is 0.729. The molecule has 1 rings (SSSR count). The lowest BCUT2D eigenvalue weighted by Gasteiger charge is -2.18. The molecule has 0 aliphatic heterocycles. The van der Waals surface area contributed by atoms with Crippen LogP contribution in [0.15, 0.2) is 24.3 Å². The van der Waals surface area contributed by atoms with Gasteiger partial charge in [-0.1, -0.05) is 17.7 Å². The topological polar surface area (TPSA) is 20.3 Å². The van der Waals surface area contributed by atoms with Crippen molar-refractivity contribution in [1.82, 2.24) is 4.90 Å². The highest BCUT2D eigenvalue weighted by atomic mass is 16.2. The first-order valence-electron chi connectivity index (χ1n) is 7.34. The van der Waals surface area contributed by atoms with Crippen LogP contribution in [0.3, 0.4) is 0 Å². The van der Waals surface area contributed by atoms with Gasteiger partial charge in [0.2, 0.25) is 0 Å². The van der Waals surface area contributed by atoms with Crippen molar-refractivity contribution in [2.75, 3.05) is 13.1 Å². The maximum Gasteiger partial charge on any atom is 0.253 e. The molecule has 0 radical (unpaired) electrons. The Hall–Kier alpha value is -1.31. The van der Waals surface area contributed by atoms with Gasteiger partial charge in [-0.2, -0.15) is 0 Å². The highest BCUT2D eigenvalue weighted by Crippen LogP contribution is 2.07. The van der Waals surface area contributed by atoms with Crippen molar-refractivity contribution in [1.29, 1.82) is 0 Å². The lowest BCUT2D eigenvalue weighted by molar-refractivity contribution is 0.0773. The van der Waals surface area contributed by atoms with E-state index in [-0.39, 0.29) is 0 Å². The monoisotopic (exact) mass is 197 g/mol. The zero-order chi connectivity index (χ0) is 15.6. The minimum atomic E-state index is -2.40. The molecule has 14 heavy (non-hydrogen) atoms. The second kappa shape index (κ2) is 4.80. The van der Waals surface area contributed by atoms with Crippen molar-refractivity contribution in [3.63, 3.8) is 0 Å². The van der Waals surface area contributed by atoms with Gasteiger partial charge in [0.1, 0.15) is 0 Å². The Labute approximate surface area is 94.0 Å². The molecule has 0 fully saturated rings. The van der Waals surface area contributed by atoms with Crippen molar-refractivity contribution >= 4 is 5.91 Å². The van der Waals surface area contributed by atoms with Crippen LogP contribution < -0.4 is 0 Å². The molecule has 0 saturated heterocycles. The molecule has 1 aromatic carbocycles. The summed E-state index contributed by atoms with van der Waals surface area (Å²) in [6.07, 6.45) is 0. The van der Waals surface area contributed by atoms with E-state index in [2.05, 4.69) is 0 Å². The van der Waals surface area contributed by atoms with Gasteiger partial charge in [0, 0.05) is 26.9 Å². The normalized spacial score (nSPS) is 18.1. The van der Waals surface area contributed by atoms with E-state index >= 15 is 0 Å². The van der Waals surface area contributed by atoms with Crippen LogP contribution in [-0.2, 0) is 0 Å². The van der Waals surface area contributed by atoms with Gasteiger partial charge < -0.3 is 4.90 Å². The van der Waals surface area contributed by atoms with Crippen molar-refractivity contribution in [2.24, 2.45) is 0 Å². The molecular formula is C12H17NO. The maximum absolute atomic E-state index is 12.3. The molecule has 1 amide bonds. The average molecular weight is 197 g/mol. The summed E-state index contributed by atoms with van der Waals surface area (Å²) in [7, 11) is 0. The molecule has 76 valence electrons. The number of amides is 1. The van der Waals surface area contributed by atoms with Crippen molar-refractivity contribution in [3.8, 4) is 0 Å². The van der Waals surface area contributed by atoms with Crippen molar-refractivity contribution in [2.45, 2.75) is 20.6 Å². The summed E-state index contributed by atoms with van der Waals surface area (Å²) in [5.74, 6) is -0.582. The molecule has 0 atom stereocenters. The van der Waals surface area contributed by atoms with E-state index in [9.17, 15) is 4.79 Å². The molecule has 2 nitrogen and oxygen atoms in total. The van der Waals surface area contributed by atoms with Crippen LogP contribution in [0.2, 0.25) is 0 Å². The second-order valence-corrected chi connectivity index (χ2v) is 3.03. The van der Waals surface area contributed by atoms with E-state index in [0.717, 1.165) is 10.5 Å². The molecule has 0 aliphatic carbocycles. The van der Waals surface area contributed by atoms with Gasteiger partial charge >= 0.3 is 0 Å². The molecule has 0 saturated carbocycles. The Morgan fingerprint density at radius 1 is 1.43 bits per heavy atom. The summed E-state index contributed by atoms with van der Waals surface area (Å²) < 4.78 is 43.3. The zero-order valence-corrected chi connectivity index (χ0v) is 8.08. The predicted molar refractivity (Wildman–Crippen MR) is 58.4 cm³/mol. The second-order valence-electron chi connectivity index (χ2n) is 3.03. The maximum atomic E-state index is 12.3. The highest BCUT2D eigenvalue weighted by molar-refractivity contribution is 5.94. The number of hydrogen-bond donors (Lipinski definition) is 0. The number of hydrogen-bond acceptors (Lipinski definition) is 1. The number of rotatable bonds is 3. The van der Waals surface area contributed by atoms with Crippen LogP contribution >= 0.6 is 0 Å². The fourth-order valence-corrected chi connectivity index (χ4v) is 1.16. The van der Waals surface area contributed by atoms with Crippen LogP contribution in [0.5, 0.6) is 0 Å². The van der Waals surface area contributed by atoms with Crippen molar-refractivity contribution < 1.29 is 13.0 Å². The number of carbonyl (C=O) groups is 1. The zero-order valence-electron chi connectivity index (χ0n) is 14.1. The van der Waals surface area contributed by atoms with E-state index in [1.807, 2.05) is 0 Å². The van der Waals surface area contributed by atoms with E-state index < -0.39 is 32.7 Å². The summed E-state index contributed by atoms with van der Waals surface area (Å²) in [6, 6.07) is 6.62.